The maximum absolute atomic E-state index is 12.8. The summed E-state index contributed by atoms with van der Waals surface area (Å²) in [6.45, 7) is -0.190. The fourth-order valence-electron chi connectivity index (χ4n) is 3.09. The Labute approximate surface area is 192 Å². The van der Waals surface area contributed by atoms with Crippen LogP contribution in [-0.4, -0.2) is 26.7 Å². The molecule has 0 radical (unpaired) electrons. The zero-order chi connectivity index (χ0) is 23.0. The fraction of sp³-hybridized carbons (Fsp3) is 0.167. The number of halogens is 1. The van der Waals surface area contributed by atoms with E-state index in [0.717, 1.165) is 5.56 Å². The first-order valence-electron chi connectivity index (χ1n) is 9.86. The second kappa shape index (κ2) is 10.8. The van der Waals surface area contributed by atoms with Gasteiger partial charge in [-0.15, -0.1) is 0 Å². The molecule has 0 saturated heterocycles. The predicted octanol–water partition coefficient (Wildman–Crippen LogP) is 4.90. The summed E-state index contributed by atoms with van der Waals surface area (Å²) in [7, 11) is -3.43. The molecule has 3 rings (SSSR count). The lowest BCUT2D eigenvalue weighted by atomic mass is 10.0. The summed E-state index contributed by atoms with van der Waals surface area (Å²) in [5, 5.41) is 12.1. The molecule has 0 fully saturated rings. The third-order valence-electron chi connectivity index (χ3n) is 4.66. The number of hydrogen-bond acceptors (Lipinski definition) is 5. The third kappa shape index (κ3) is 6.33. The Morgan fingerprint density at radius 2 is 1.75 bits per heavy atom. The second-order valence-electron chi connectivity index (χ2n) is 6.97. The van der Waals surface area contributed by atoms with E-state index in [9.17, 15) is 13.2 Å². The van der Waals surface area contributed by atoms with E-state index in [4.69, 9.17) is 21.6 Å². The van der Waals surface area contributed by atoms with Crippen molar-refractivity contribution in [2.75, 3.05) is 17.7 Å². The van der Waals surface area contributed by atoms with Crippen LogP contribution in [0.5, 0.6) is 5.75 Å². The van der Waals surface area contributed by atoms with E-state index in [-0.39, 0.29) is 34.5 Å². The van der Waals surface area contributed by atoms with Crippen LogP contribution in [0.25, 0.3) is 0 Å². The number of ether oxygens (including phenoxy) is 1. The van der Waals surface area contributed by atoms with Crippen LogP contribution < -0.4 is 10.1 Å². The Hall–Kier alpha value is -3.34. The minimum absolute atomic E-state index is 0.0349. The average molecular weight is 469 g/mol. The molecule has 1 amide bonds. The molecule has 0 unspecified atom stereocenters. The van der Waals surface area contributed by atoms with Crippen molar-refractivity contribution in [3.63, 3.8) is 0 Å². The molecule has 164 valence electrons. The SMILES string of the molecule is N#CCOc1ccc(CCCS(=O)(=O)c2ccc(Cl)cc2)cc1C(=O)Nc1ccccc1. The van der Waals surface area contributed by atoms with Gasteiger partial charge >= 0.3 is 0 Å². The Bertz CT molecular complexity index is 1220. The molecule has 0 aliphatic heterocycles. The predicted molar refractivity (Wildman–Crippen MR) is 124 cm³/mol. The fourth-order valence-corrected chi connectivity index (χ4v) is 4.53. The molecule has 32 heavy (non-hydrogen) atoms. The highest BCUT2D eigenvalue weighted by atomic mass is 35.5. The Morgan fingerprint density at radius 3 is 2.44 bits per heavy atom. The molecule has 0 spiro atoms. The number of anilines is 1. The zero-order valence-electron chi connectivity index (χ0n) is 17.1. The van der Waals surface area contributed by atoms with Gasteiger partial charge in [0.25, 0.3) is 5.91 Å². The monoisotopic (exact) mass is 468 g/mol. The largest absolute Gasteiger partial charge is 0.478 e. The Kier molecular flexibility index (Phi) is 7.87. The molecule has 0 bridgehead atoms. The van der Waals surface area contributed by atoms with E-state index in [0.29, 0.717) is 23.6 Å². The van der Waals surface area contributed by atoms with Crippen LogP contribution in [0, 0.1) is 11.3 Å². The van der Waals surface area contributed by atoms with Crippen LogP contribution in [0.2, 0.25) is 5.02 Å². The number of nitrogens with one attached hydrogen (secondary N) is 1. The molecule has 0 aromatic heterocycles. The average Bonchev–Trinajstić information content (AvgIpc) is 2.79. The van der Waals surface area contributed by atoms with Gasteiger partial charge in [0.1, 0.15) is 11.8 Å². The molecule has 0 atom stereocenters. The van der Waals surface area contributed by atoms with Gasteiger partial charge in [0.15, 0.2) is 16.4 Å². The first-order chi connectivity index (χ1) is 15.4. The van der Waals surface area contributed by atoms with Gasteiger partial charge in [0, 0.05) is 10.7 Å². The van der Waals surface area contributed by atoms with Crippen LogP contribution in [-0.2, 0) is 16.3 Å². The molecule has 6 nitrogen and oxygen atoms in total. The van der Waals surface area contributed by atoms with Crippen molar-refractivity contribution in [2.24, 2.45) is 0 Å². The number of sulfone groups is 1. The number of carbonyl (C=O) groups excluding carboxylic acids is 1. The number of para-hydroxylation sites is 1. The van der Waals surface area contributed by atoms with Gasteiger partial charge < -0.3 is 10.1 Å². The quantitative estimate of drug-likeness (QED) is 0.481. The maximum atomic E-state index is 12.8. The zero-order valence-corrected chi connectivity index (χ0v) is 18.7. The van der Waals surface area contributed by atoms with Crippen molar-refractivity contribution >= 4 is 33.0 Å². The number of benzene rings is 3. The van der Waals surface area contributed by atoms with Crippen LogP contribution in [0.3, 0.4) is 0 Å². The van der Waals surface area contributed by atoms with Crippen molar-refractivity contribution in [3.05, 3.63) is 88.9 Å². The van der Waals surface area contributed by atoms with Crippen LogP contribution in [0.15, 0.2) is 77.7 Å². The molecule has 3 aromatic rings. The van der Waals surface area contributed by atoms with Crippen molar-refractivity contribution in [1.29, 1.82) is 5.26 Å². The highest BCUT2D eigenvalue weighted by Crippen LogP contribution is 2.23. The number of hydrogen-bond donors (Lipinski definition) is 1. The minimum atomic E-state index is -3.43. The third-order valence-corrected chi connectivity index (χ3v) is 6.73. The minimum Gasteiger partial charge on any atom is -0.478 e. The summed E-state index contributed by atoms with van der Waals surface area (Å²) >= 11 is 5.83. The van der Waals surface area contributed by atoms with Crippen molar-refractivity contribution in [3.8, 4) is 11.8 Å². The van der Waals surface area contributed by atoms with Gasteiger partial charge in [0.05, 0.1) is 16.2 Å². The maximum Gasteiger partial charge on any atom is 0.259 e. The number of rotatable bonds is 9. The standard InChI is InChI=1S/C24H21ClN2O4S/c25-19-9-11-21(12-10-19)32(29,30)16-4-5-18-8-13-23(31-15-14-26)22(17-18)24(28)27-20-6-2-1-3-7-20/h1-3,6-13,17H,4-5,15-16H2,(H,27,28). The van der Waals surface area contributed by atoms with Crippen LogP contribution in [0.1, 0.15) is 22.3 Å². The summed E-state index contributed by atoms with van der Waals surface area (Å²) in [4.78, 5) is 13.0. The molecule has 3 aromatic carbocycles. The molecular formula is C24H21ClN2O4S. The van der Waals surface area contributed by atoms with Gasteiger partial charge in [-0.2, -0.15) is 5.26 Å². The van der Waals surface area contributed by atoms with Gasteiger partial charge in [-0.25, -0.2) is 8.42 Å². The van der Waals surface area contributed by atoms with Crippen LogP contribution >= 0.6 is 11.6 Å². The second-order valence-corrected chi connectivity index (χ2v) is 9.52. The molecule has 0 aliphatic rings. The van der Waals surface area contributed by atoms with E-state index >= 15 is 0 Å². The number of amides is 1. The highest BCUT2D eigenvalue weighted by molar-refractivity contribution is 7.91. The van der Waals surface area contributed by atoms with Gasteiger partial charge in [-0.1, -0.05) is 35.9 Å². The summed E-state index contributed by atoms with van der Waals surface area (Å²) in [5.74, 6) is -0.121. The molecular weight excluding hydrogens is 448 g/mol. The van der Waals surface area contributed by atoms with Gasteiger partial charge in [-0.05, 0) is 66.9 Å². The Morgan fingerprint density at radius 1 is 1.03 bits per heavy atom. The topological polar surface area (TPSA) is 96.3 Å². The molecule has 0 saturated carbocycles. The van der Waals surface area contributed by atoms with E-state index in [1.54, 1.807) is 54.6 Å². The lowest BCUT2D eigenvalue weighted by Crippen LogP contribution is -2.14. The van der Waals surface area contributed by atoms with Crippen LogP contribution in [0.4, 0.5) is 5.69 Å². The summed E-state index contributed by atoms with van der Waals surface area (Å²) in [6.07, 6.45) is 0.833. The normalized spacial score (nSPS) is 10.9. The number of aryl methyl sites for hydroxylation is 1. The molecule has 8 heteroatoms. The van der Waals surface area contributed by atoms with E-state index in [1.165, 1.54) is 12.1 Å². The Balaban J connectivity index is 1.72. The summed E-state index contributed by atoms with van der Waals surface area (Å²) < 4.78 is 30.5. The van der Waals surface area contributed by atoms with Crippen molar-refractivity contribution in [1.82, 2.24) is 0 Å². The van der Waals surface area contributed by atoms with Gasteiger partial charge in [-0.3, -0.25) is 4.79 Å². The molecule has 0 aliphatic carbocycles. The number of nitriles is 1. The van der Waals surface area contributed by atoms with E-state index < -0.39 is 9.84 Å². The lowest BCUT2D eigenvalue weighted by Gasteiger charge is -2.12. The lowest BCUT2D eigenvalue weighted by molar-refractivity contribution is 0.102. The molecule has 0 heterocycles. The summed E-state index contributed by atoms with van der Waals surface area (Å²) in [5.41, 5.74) is 1.70. The van der Waals surface area contributed by atoms with Crippen molar-refractivity contribution in [2.45, 2.75) is 17.7 Å². The molecule has 1 N–H and O–H groups in total. The summed E-state index contributed by atoms with van der Waals surface area (Å²) in [6, 6.07) is 22.0. The van der Waals surface area contributed by atoms with Gasteiger partial charge in [0.2, 0.25) is 0 Å². The first kappa shape index (κ1) is 23.3. The number of carbonyl (C=O) groups is 1. The van der Waals surface area contributed by atoms with Crippen molar-refractivity contribution < 1.29 is 17.9 Å². The number of nitrogens with zero attached hydrogens (tertiary/aromatic N) is 1. The first-order valence-corrected chi connectivity index (χ1v) is 11.9. The smallest absolute Gasteiger partial charge is 0.259 e. The van der Waals surface area contributed by atoms with E-state index in [2.05, 4.69) is 5.32 Å². The highest BCUT2D eigenvalue weighted by Gasteiger charge is 2.16. The van der Waals surface area contributed by atoms with E-state index in [1.807, 2.05) is 12.1 Å².